The fraction of sp³-hybridized carbons (Fsp3) is 0.414. The number of aliphatic carboxylic acids is 1. The fourth-order valence-corrected chi connectivity index (χ4v) is 4.03. The van der Waals surface area contributed by atoms with E-state index in [4.69, 9.17) is 29.3 Å². The van der Waals surface area contributed by atoms with E-state index in [9.17, 15) is 4.79 Å². The van der Waals surface area contributed by atoms with Crippen LogP contribution >= 0.6 is 0 Å². The van der Waals surface area contributed by atoms with Crippen molar-refractivity contribution >= 4 is 11.8 Å². The molecule has 0 aliphatic rings. The molecule has 198 valence electrons. The van der Waals surface area contributed by atoms with Crippen LogP contribution in [0.5, 0.6) is 0 Å². The van der Waals surface area contributed by atoms with Gasteiger partial charge in [0.05, 0.1) is 36.9 Å². The molecule has 0 bridgehead atoms. The van der Waals surface area contributed by atoms with Gasteiger partial charge >= 0.3 is 5.97 Å². The van der Waals surface area contributed by atoms with E-state index >= 15 is 0 Å². The minimum Gasteiger partial charge on any atom is -0.480 e. The summed E-state index contributed by atoms with van der Waals surface area (Å²) in [6.45, 7) is 8.69. The Hall–Kier alpha value is -3.33. The molecule has 2 atom stereocenters. The van der Waals surface area contributed by atoms with Crippen LogP contribution in [0, 0.1) is 0 Å². The van der Waals surface area contributed by atoms with Gasteiger partial charge in [0, 0.05) is 23.8 Å². The monoisotopic (exact) mass is 507 g/mol. The third kappa shape index (κ3) is 8.08. The molecule has 1 heterocycles. The zero-order valence-corrected chi connectivity index (χ0v) is 22.0. The van der Waals surface area contributed by atoms with Gasteiger partial charge in [0.15, 0.2) is 6.23 Å². The van der Waals surface area contributed by atoms with Gasteiger partial charge < -0.3 is 24.2 Å². The smallest absolute Gasteiger partial charge is 0.329 e. The van der Waals surface area contributed by atoms with E-state index in [0.29, 0.717) is 18.8 Å². The zero-order chi connectivity index (χ0) is 26.6. The quantitative estimate of drug-likeness (QED) is 0.278. The summed E-state index contributed by atoms with van der Waals surface area (Å²) < 4.78 is 17.5. The average molecular weight is 508 g/mol. The lowest BCUT2D eigenvalue weighted by Gasteiger charge is -2.36. The molecule has 1 N–H and O–H groups in total. The van der Waals surface area contributed by atoms with Gasteiger partial charge in [0.1, 0.15) is 12.4 Å². The number of benzene rings is 2. The molecular weight excluding hydrogens is 470 g/mol. The molecule has 3 rings (SSSR count). The molecule has 8 nitrogen and oxygen atoms in total. The Kier molecular flexibility index (Phi) is 11.0. The molecule has 0 amide bonds. The van der Waals surface area contributed by atoms with Gasteiger partial charge in [-0.1, -0.05) is 67.6 Å². The van der Waals surface area contributed by atoms with Gasteiger partial charge in [-0.2, -0.15) is 0 Å². The molecule has 0 aliphatic heterocycles. The van der Waals surface area contributed by atoms with Gasteiger partial charge in [0.2, 0.25) is 0 Å². The lowest BCUT2D eigenvalue weighted by molar-refractivity contribution is -0.144. The highest BCUT2D eigenvalue weighted by atomic mass is 16.6. The zero-order valence-electron chi connectivity index (χ0n) is 22.0. The van der Waals surface area contributed by atoms with Gasteiger partial charge in [-0.3, -0.25) is 4.98 Å². The molecule has 0 aliphatic carbocycles. The van der Waals surface area contributed by atoms with Crippen LogP contribution in [-0.2, 0) is 19.0 Å². The molecule has 8 heteroatoms. The largest absolute Gasteiger partial charge is 0.480 e. The number of ether oxygens (including phenoxy) is 3. The predicted molar refractivity (Wildman–Crippen MR) is 144 cm³/mol. The number of nitrogens with zero attached hydrogens (tertiary/aromatic N) is 3. The number of hydrogen-bond acceptors (Lipinski definition) is 7. The number of aromatic nitrogens is 2. The summed E-state index contributed by atoms with van der Waals surface area (Å²) in [5.41, 5.74) is 3.57. The van der Waals surface area contributed by atoms with Gasteiger partial charge in [-0.15, -0.1) is 0 Å². The first-order valence-electron chi connectivity index (χ1n) is 12.7. The number of rotatable bonds is 15. The fourth-order valence-electron chi connectivity index (χ4n) is 4.03. The van der Waals surface area contributed by atoms with E-state index in [-0.39, 0.29) is 32.0 Å². The van der Waals surface area contributed by atoms with Crippen molar-refractivity contribution in [3.63, 3.8) is 0 Å². The van der Waals surface area contributed by atoms with Crippen LogP contribution in [0.15, 0.2) is 66.9 Å². The predicted octanol–water partition coefficient (Wildman–Crippen LogP) is 5.28. The van der Waals surface area contributed by atoms with Crippen LogP contribution in [0.4, 0.5) is 5.82 Å². The summed E-state index contributed by atoms with van der Waals surface area (Å²) >= 11 is 0. The molecule has 0 fully saturated rings. The standard InChI is InChI=1S/C29H37N3O5/c1-5-24(18-35-20-27(33)34)37-19-26(36-6-2)32(21(3)4)25-17-30-28(22-13-9-7-10-14-22)29(31-25)23-15-11-8-12-16-23/h7-17,21,24,26H,5-6,18-20H2,1-4H3,(H,33,34). The second-order valence-corrected chi connectivity index (χ2v) is 8.84. The van der Waals surface area contributed by atoms with Crippen molar-refractivity contribution in [2.45, 2.75) is 52.5 Å². The molecule has 0 spiro atoms. The van der Waals surface area contributed by atoms with Crippen molar-refractivity contribution in [2.75, 3.05) is 31.3 Å². The normalized spacial score (nSPS) is 12.9. The van der Waals surface area contributed by atoms with Crippen LogP contribution in [0.1, 0.15) is 34.1 Å². The third-order valence-corrected chi connectivity index (χ3v) is 5.80. The first-order valence-corrected chi connectivity index (χ1v) is 12.7. The maximum Gasteiger partial charge on any atom is 0.329 e. The molecule has 0 radical (unpaired) electrons. The van der Waals surface area contributed by atoms with Crippen LogP contribution in [-0.4, -0.2) is 65.8 Å². The Labute approximate surface area is 219 Å². The molecule has 0 saturated heterocycles. The number of anilines is 1. The average Bonchev–Trinajstić information content (AvgIpc) is 2.91. The summed E-state index contributed by atoms with van der Waals surface area (Å²) in [6, 6.07) is 20.1. The van der Waals surface area contributed by atoms with Crippen molar-refractivity contribution in [3.8, 4) is 22.5 Å². The van der Waals surface area contributed by atoms with E-state index < -0.39 is 12.2 Å². The summed E-state index contributed by atoms with van der Waals surface area (Å²) in [5, 5.41) is 8.84. The number of carboxylic acids is 1. The Bertz CT molecular complexity index is 1100. The van der Waals surface area contributed by atoms with Crippen LogP contribution in [0.3, 0.4) is 0 Å². The number of carboxylic acid groups (broad SMARTS) is 1. The van der Waals surface area contributed by atoms with E-state index in [1.165, 1.54) is 0 Å². The van der Waals surface area contributed by atoms with Gasteiger partial charge in [0.25, 0.3) is 0 Å². The number of carbonyl (C=O) groups is 1. The topological polar surface area (TPSA) is 94.0 Å². The van der Waals surface area contributed by atoms with Crippen molar-refractivity contribution < 1.29 is 24.1 Å². The molecule has 37 heavy (non-hydrogen) atoms. The Morgan fingerprint density at radius 2 is 1.54 bits per heavy atom. The summed E-state index contributed by atoms with van der Waals surface area (Å²) in [7, 11) is 0. The van der Waals surface area contributed by atoms with E-state index in [0.717, 1.165) is 22.5 Å². The third-order valence-electron chi connectivity index (χ3n) is 5.80. The Morgan fingerprint density at radius 3 is 2.08 bits per heavy atom. The first kappa shape index (κ1) is 28.2. The second-order valence-electron chi connectivity index (χ2n) is 8.84. The lowest BCUT2D eigenvalue weighted by Crippen LogP contribution is -2.46. The molecule has 2 unspecified atom stereocenters. The van der Waals surface area contributed by atoms with Crippen molar-refractivity contribution in [1.29, 1.82) is 0 Å². The number of hydrogen-bond donors (Lipinski definition) is 1. The summed E-state index contributed by atoms with van der Waals surface area (Å²) in [6.07, 6.45) is 1.81. The lowest BCUT2D eigenvalue weighted by atomic mass is 10.0. The van der Waals surface area contributed by atoms with Crippen LogP contribution < -0.4 is 4.90 Å². The first-order chi connectivity index (χ1) is 17.9. The highest BCUT2D eigenvalue weighted by Gasteiger charge is 2.26. The Morgan fingerprint density at radius 1 is 0.919 bits per heavy atom. The second kappa shape index (κ2) is 14.4. The molecular formula is C29H37N3O5. The Balaban J connectivity index is 1.92. The summed E-state index contributed by atoms with van der Waals surface area (Å²) in [4.78, 5) is 22.8. The van der Waals surface area contributed by atoms with Crippen molar-refractivity contribution in [1.82, 2.24) is 9.97 Å². The molecule has 1 aromatic heterocycles. The molecule has 0 saturated carbocycles. The van der Waals surface area contributed by atoms with Crippen molar-refractivity contribution in [3.05, 3.63) is 66.9 Å². The maximum atomic E-state index is 10.8. The highest BCUT2D eigenvalue weighted by molar-refractivity contribution is 5.78. The maximum absolute atomic E-state index is 10.8. The minimum absolute atomic E-state index is 0.0454. The van der Waals surface area contributed by atoms with Gasteiger partial charge in [-0.05, 0) is 27.2 Å². The van der Waals surface area contributed by atoms with Crippen molar-refractivity contribution in [2.24, 2.45) is 0 Å². The highest BCUT2D eigenvalue weighted by Crippen LogP contribution is 2.31. The SMILES string of the molecule is CCOC(COC(CC)COCC(=O)O)N(c1cnc(-c2ccccc2)c(-c2ccccc2)n1)C(C)C. The van der Waals surface area contributed by atoms with Crippen LogP contribution in [0.25, 0.3) is 22.5 Å². The van der Waals surface area contributed by atoms with E-state index in [1.54, 1.807) is 6.20 Å². The molecule has 3 aromatic rings. The van der Waals surface area contributed by atoms with E-state index in [2.05, 4.69) is 18.7 Å². The minimum atomic E-state index is -1.00. The summed E-state index contributed by atoms with van der Waals surface area (Å²) in [5.74, 6) is -0.314. The van der Waals surface area contributed by atoms with E-state index in [1.807, 2.05) is 74.5 Å². The van der Waals surface area contributed by atoms with Gasteiger partial charge in [-0.25, -0.2) is 9.78 Å². The molecule has 2 aromatic carbocycles. The van der Waals surface area contributed by atoms with Crippen LogP contribution in [0.2, 0.25) is 0 Å².